The molecule has 2 rings (SSSR count). The van der Waals surface area contributed by atoms with Crippen LogP contribution in [0.25, 0.3) is 0 Å². The summed E-state index contributed by atoms with van der Waals surface area (Å²) in [5, 5.41) is 9.78. The molecule has 2 atom stereocenters. The number of aliphatic hydroxyl groups excluding tert-OH is 1. The minimum Gasteiger partial charge on any atom is -0.392 e. The third-order valence-electron chi connectivity index (χ3n) is 4.54. The average Bonchev–Trinajstić information content (AvgIpc) is 2.59. The molecule has 0 bridgehead atoms. The number of hydrogen-bond acceptors (Lipinski definition) is 5. The van der Waals surface area contributed by atoms with Crippen molar-refractivity contribution < 1.29 is 14.7 Å². The van der Waals surface area contributed by atoms with Crippen LogP contribution in [-0.4, -0.2) is 69.7 Å². The maximum absolute atomic E-state index is 13.2. The quantitative estimate of drug-likeness (QED) is 0.863. The minimum atomic E-state index is -1.25. The zero-order chi connectivity index (χ0) is 17.3. The Morgan fingerprint density at radius 1 is 0.957 bits per heavy atom. The van der Waals surface area contributed by atoms with Gasteiger partial charge in [0.1, 0.15) is 0 Å². The summed E-state index contributed by atoms with van der Waals surface area (Å²) < 4.78 is 0. The highest BCUT2D eigenvalue weighted by Gasteiger charge is 2.60. The summed E-state index contributed by atoms with van der Waals surface area (Å²) in [5.41, 5.74) is 0.990. The van der Waals surface area contributed by atoms with E-state index >= 15 is 0 Å². The molecular formula is C16H22N2O3S2. The Hall–Kier alpha value is -1.18. The van der Waals surface area contributed by atoms with Crippen LogP contribution >= 0.6 is 23.5 Å². The standard InChI is InChI=1S/C16H22N2O3S2/c1-17-14(21)16(11-19,23-4)18(2)13(20)15(17,22-3)10-12-8-6-5-7-9-12/h5-9,19H,10-11H2,1-4H3/t15-,16+/m0/s1. The second-order valence-corrected chi connectivity index (χ2v) is 7.69. The Kier molecular flexibility index (Phi) is 5.33. The van der Waals surface area contributed by atoms with Gasteiger partial charge in [-0.05, 0) is 18.1 Å². The van der Waals surface area contributed by atoms with Gasteiger partial charge in [-0.1, -0.05) is 30.3 Å². The van der Waals surface area contributed by atoms with E-state index in [0.717, 1.165) is 5.56 Å². The van der Waals surface area contributed by atoms with Crippen LogP contribution in [0, 0.1) is 0 Å². The largest absolute Gasteiger partial charge is 0.392 e. The molecule has 0 aliphatic carbocycles. The lowest BCUT2D eigenvalue weighted by Gasteiger charge is -2.53. The van der Waals surface area contributed by atoms with Crippen molar-refractivity contribution in [2.24, 2.45) is 0 Å². The average molecular weight is 354 g/mol. The van der Waals surface area contributed by atoms with Gasteiger partial charge in [-0.2, -0.15) is 0 Å². The predicted molar refractivity (Wildman–Crippen MR) is 95.3 cm³/mol. The van der Waals surface area contributed by atoms with E-state index in [1.165, 1.54) is 33.3 Å². The summed E-state index contributed by atoms with van der Waals surface area (Å²) in [5.74, 6) is -0.417. The maximum atomic E-state index is 13.2. The highest BCUT2D eigenvalue weighted by Crippen LogP contribution is 2.43. The van der Waals surface area contributed by atoms with Crippen LogP contribution in [0.3, 0.4) is 0 Å². The van der Waals surface area contributed by atoms with Crippen molar-refractivity contribution in [1.29, 1.82) is 0 Å². The maximum Gasteiger partial charge on any atom is 0.262 e. The second-order valence-electron chi connectivity index (χ2n) is 5.53. The summed E-state index contributed by atoms with van der Waals surface area (Å²) in [6.07, 6.45) is 3.99. The smallest absolute Gasteiger partial charge is 0.262 e. The molecule has 1 saturated heterocycles. The number of aliphatic hydroxyl groups is 1. The van der Waals surface area contributed by atoms with Crippen molar-refractivity contribution in [3.05, 3.63) is 35.9 Å². The summed E-state index contributed by atoms with van der Waals surface area (Å²) in [6.45, 7) is -0.407. The Labute approximate surface area is 145 Å². The van der Waals surface area contributed by atoms with E-state index in [2.05, 4.69) is 0 Å². The number of rotatable bonds is 5. The molecule has 1 fully saturated rings. The number of likely N-dealkylation sites (N-methyl/N-ethyl adjacent to an activating group) is 2. The fourth-order valence-corrected chi connectivity index (χ4v) is 4.74. The van der Waals surface area contributed by atoms with Crippen molar-refractivity contribution in [2.45, 2.75) is 16.2 Å². The van der Waals surface area contributed by atoms with Gasteiger partial charge < -0.3 is 14.9 Å². The SMILES string of the molecule is CS[C@@]1(Cc2ccccc2)C(=O)N(C)[C@](CO)(SC)C(=O)N1C. The van der Waals surface area contributed by atoms with Gasteiger partial charge in [0.15, 0.2) is 9.74 Å². The first-order valence-electron chi connectivity index (χ1n) is 7.21. The van der Waals surface area contributed by atoms with Crippen LogP contribution in [0.1, 0.15) is 5.56 Å². The molecule has 126 valence electrons. The lowest BCUT2D eigenvalue weighted by Crippen LogP contribution is -2.74. The van der Waals surface area contributed by atoms with E-state index in [4.69, 9.17) is 0 Å². The Bertz CT molecular complexity index is 592. The number of piperazine rings is 1. The monoisotopic (exact) mass is 354 g/mol. The molecule has 23 heavy (non-hydrogen) atoms. The highest BCUT2D eigenvalue weighted by molar-refractivity contribution is 8.01. The van der Waals surface area contributed by atoms with Gasteiger partial charge in [-0.15, -0.1) is 23.5 Å². The minimum absolute atomic E-state index is 0.167. The van der Waals surface area contributed by atoms with Crippen molar-refractivity contribution in [3.8, 4) is 0 Å². The number of nitrogens with zero attached hydrogens (tertiary/aromatic N) is 2. The third-order valence-corrected chi connectivity index (χ3v) is 7.06. The number of carbonyl (C=O) groups excluding carboxylic acids is 2. The van der Waals surface area contributed by atoms with Gasteiger partial charge >= 0.3 is 0 Å². The van der Waals surface area contributed by atoms with Gasteiger partial charge in [-0.3, -0.25) is 9.59 Å². The van der Waals surface area contributed by atoms with E-state index in [1.807, 2.05) is 36.6 Å². The van der Waals surface area contributed by atoms with Crippen LogP contribution in [0.4, 0.5) is 0 Å². The molecule has 0 spiro atoms. The topological polar surface area (TPSA) is 60.9 Å². The second kappa shape index (κ2) is 6.75. The zero-order valence-corrected chi connectivity index (χ0v) is 15.4. The lowest BCUT2D eigenvalue weighted by molar-refractivity contribution is -0.165. The molecular weight excluding hydrogens is 332 g/mol. The molecule has 2 amide bonds. The van der Waals surface area contributed by atoms with Gasteiger partial charge in [0.2, 0.25) is 0 Å². The van der Waals surface area contributed by atoms with Crippen LogP contribution in [0.5, 0.6) is 0 Å². The molecule has 1 aromatic carbocycles. The molecule has 0 aromatic heterocycles. The Balaban J connectivity index is 2.49. The summed E-state index contributed by atoms with van der Waals surface area (Å²) >= 11 is 2.55. The predicted octanol–water partition coefficient (Wildman–Crippen LogP) is 1.27. The van der Waals surface area contributed by atoms with Crippen molar-refractivity contribution in [2.75, 3.05) is 33.2 Å². The van der Waals surface area contributed by atoms with Gasteiger partial charge in [0.25, 0.3) is 11.8 Å². The van der Waals surface area contributed by atoms with E-state index < -0.39 is 16.3 Å². The summed E-state index contributed by atoms with van der Waals surface area (Å²) in [6, 6.07) is 9.66. The third kappa shape index (κ3) is 2.64. The van der Waals surface area contributed by atoms with Crippen LogP contribution in [0.15, 0.2) is 30.3 Å². The van der Waals surface area contributed by atoms with Crippen molar-refractivity contribution in [3.63, 3.8) is 0 Å². The zero-order valence-electron chi connectivity index (χ0n) is 13.8. The van der Waals surface area contributed by atoms with Crippen molar-refractivity contribution in [1.82, 2.24) is 9.80 Å². The lowest BCUT2D eigenvalue weighted by atomic mass is 9.98. The molecule has 0 unspecified atom stereocenters. The van der Waals surface area contributed by atoms with Crippen LogP contribution in [0.2, 0.25) is 0 Å². The first kappa shape index (κ1) is 18.2. The van der Waals surface area contributed by atoms with Crippen LogP contribution in [-0.2, 0) is 16.0 Å². The van der Waals surface area contributed by atoms with Gasteiger partial charge in [-0.25, -0.2) is 0 Å². The molecule has 0 saturated carbocycles. The number of benzene rings is 1. The fourth-order valence-electron chi connectivity index (χ4n) is 2.96. The van der Waals surface area contributed by atoms with E-state index in [-0.39, 0.29) is 11.8 Å². The Morgan fingerprint density at radius 2 is 1.43 bits per heavy atom. The Morgan fingerprint density at radius 3 is 1.91 bits per heavy atom. The fraction of sp³-hybridized carbons (Fsp3) is 0.500. The molecule has 1 N–H and O–H groups in total. The summed E-state index contributed by atoms with van der Waals surface area (Å²) in [7, 11) is 3.24. The number of carbonyl (C=O) groups is 2. The molecule has 7 heteroatoms. The van der Waals surface area contributed by atoms with Crippen molar-refractivity contribution >= 4 is 35.3 Å². The number of hydrogen-bond donors (Lipinski definition) is 1. The number of amides is 2. The first-order chi connectivity index (χ1) is 10.9. The van der Waals surface area contributed by atoms with E-state index in [9.17, 15) is 14.7 Å². The molecule has 1 aliphatic rings. The van der Waals surface area contributed by atoms with Gasteiger partial charge in [0.05, 0.1) is 6.61 Å². The first-order valence-corrected chi connectivity index (χ1v) is 9.66. The molecule has 0 radical (unpaired) electrons. The van der Waals surface area contributed by atoms with Crippen LogP contribution < -0.4 is 0 Å². The highest BCUT2D eigenvalue weighted by atomic mass is 32.2. The van der Waals surface area contributed by atoms with E-state index in [0.29, 0.717) is 6.42 Å². The normalized spacial score (nSPS) is 28.4. The summed E-state index contributed by atoms with van der Waals surface area (Å²) in [4.78, 5) is 26.8. The van der Waals surface area contributed by atoms with E-state index in [1.54, 1.807) is 20.4 Å². The molecule has 1 aromatic rings. The molecule has 1 aliphatic heterocycles. The molecule has 5 nitrogen and oxygen atoms in total. The van der Waals surface area contributed by atoms with Gasteiger partial charge in [0, 0.05) is 20.5 Å². The molecule has 1 heterocycles. The number of thioether (sulfide) groups is 2.